The van der Waals surface area contributed by atoms with Crippen molar-refractivity contribution < 1.29 is 9.13 Å². The van der Waals surface area contributed by atoms with Gasteiger partial charge in [-0.2, -0.15) is 10.2 Å². The van der Waals surface area contributed by atoms with Crippen LogP contribution in [0.1, 0.15) is 24.0 Å². The number of ether oxygens (including phenoxy) is 1. The SMILES string of the molecule is CN=Cc1cc(-c2c(OC)nc(N3CCC(N)CC3)nc2-c2ccc(C#N)c(F)c2)ccc1N. The van der Waals surface area contributed by atoms with Crippen molar-refractivity contribution in [2.75, 3.05) is 37.9 Å². The average molecular weight is 460 g/mol. The maximum Gasteiger partial charge on any atom is 0.229 e. The number of aromatic nitrogens is 2. The van der Waals surface area contributed by atoms with E-state index >= 15 is 0 Å². The van der Waals surface area contributed by atoms with Crippen LogP contribution >= 0.6 is 0 Å². The smallest absolute Gasteiger partial charge is 0.229 e. The quantitative estimate of drug-likeness (QED) is 0.442. The van der Waals surface area contributed by atoms with Gasteiger partial charge in [0, 0.05) is 49.2 Å². The average Bonchev–Trinajstić information content (AvgIpc) is 2.85. The van der Waals surface area contributed by atoms with Crippen LogP contribution in [0.15, 0.2) is 41.4 Å². The van der Waals surface area contributed by atoms with Crippen molar-refractivity contribution >= 4 is 17.9 Å². The molecule has 2 aromatic carbocycles. The number of nitrogen functional groups attached to an aromatic ring is 1. The van der Waals surface area contributed by atoms with E-state index in [1.165, 1.54) is 19.2 Å². The van der Waals surface area contributed by atoms with Crippen LogP contribution in [0.2, 0.25) is 0 Å². The first-order chi connectivity index (χ1) is 16.4. The summed E-state index contributed by atoms with van der Waals surface area (Å²) in [6, 6.07) is 11.9. The third-order valence-corrected chi connectivity index (χ3v) is 5.89. The number of nitrogens with zero attached hydrogens (tertiary/aromatic N) is 5. The lowest BCUT2D eigenvalue weighted by atomic mass is 9.97. The molecule has 1 fully saturated rings. The summed E-state index contributed by atoms with van der Waals surface area (Å²) in [5.41, 5.74) is 15.8. The fourth-order valence-electron chi connectivity index (χ4n) is 4.02. The first kappa shape index (κ1) is 23.1. The lowest BCUT2D eigenvalue weighted by Gasteiger charge is -2.31. The van der Waals surface area contributed by atoms with Crippen LogP contribution in [0, 0.1) is 17.1 Å². The molecule has 1 aliphatic heterocycles. The van der Waals surface area contributed by atoms with E-state index in [-0.39, 0.29) is 11.6 Å². The highest BCUT2D eigenvalue weighted by Gasteiger charge is 2.24. The molecule has 0 spiro atoms. The van der Waals surface area contributed by atoms with E-state index in [1.54, 1.807) is 25.4 Å². The highest BCUT2D eigenvalue weighted by Crippen LogP contribution is 2.40. The second-order valence-electron chi connectivity index (χ2n) is 8.12. The Morgan fingerprint density at radius 2 is 1.91 bits per heavy atom. The molecule has 0 aliphatic carbocycles. The summed E-state index contributed by atoms with van der Waals surface area (Å²) < 4.78 is 20.3. The maximum atomic E-state index is 14.6. The van der Waals surface area contributed by atoms with Crippen LogP contribution in [-0.2, 0) is 0 Å². The van der Waals surface area contributed by atoms with Gasteiger partial charge in [0.15, 0.2) is 0 Å². The van der Waals surface area contributed by atoms with Crippen molar-refractivity contribution in [3.05, 3.63) is 53.3 Å². The van der Waals surface area contributed by atoms with E-state index in [1.807, 2.05) is 18.2 Å². The molecular weight excluding hydrogens is 433 g/mol. The summed E-state index contributed by atoms with van der Waals surface area (Å²) >= 11 is 0. The zero-order valence-corrected chi connectivity index (χ0v) is 19.1. The van der Waals surface area contributed by atoms with Crippen molar-refractivity contribution in [2.45, 2.75) is 18.9 Å². The van der Waals surface area contributed by atoms with Gasteiger partial charge in [0.2, 0.25) is 11.8 Å². The Morgan fingerprint density at radius 1 is 1.18 bits per heavy atom. The number of nitriles is 1. The Hall–Kier alpha value is -4.03. The minimum atomic E-state index is -0.620. The minimum Gasteiger partial charge on any atom is -0.480 e. The number of anilines is 2. The Bertz CT molecular complexity index is 1280. The summed E-state index contributed by atoms with van der Waals surface area (Å²) in [7, 11) is 3.21. The molecule has 8 nitrogen and oxygen atoms in total. The second-order valence-corrected chi connectivity index (χ2v) is 8.12. The number of methoxy groups -OCH3 is 1. The molecule has 0 amide bonds. The Kier molecular flexibility index (Phi) is 6.70. The maximum absolute atomic E-state index is 14.6. The third-order valence-electron chi connectivity index (χ3n) is 5.89. The van der Waals surface area contributed by atoms with Crippen molar-refractivity contribution in [3.63, 3.8) is 0 Å². The molecule has 0 radical (unpaired) electrons. The van der Waals surface area contributed by atoms with Gasteiger partial charge in [0.05, 0.1) is 23.9 Å². The van der Waals surface area contributed by atoms with Crippen LogP contribution in [0.25, 0.3) is 22.4 Å². The molecule has 9 heteroatoms. The van der Waals surface area contributed by atoms with E-state index in [0.717, 1.165) is 24.0 Å². The molecule has 4 N–H and O–H groups in total. The zero-order chi connectivity index (χ0) is 24.2. The van der Waals surface area contributed by atoms with Gasteiger partial charge in [0.1, 0.15) is 11.9 Å². The number of aliphatic imine (C=N–C) groups is 1. The van der Waals surface area contributed by atoms with Gasteiger partial charge in [-0.15, -0.1) is 0 Å². The summed E-state index contributed by atoms with van der Waals surface area (Å²) in [6.07, 6.45) is 3.32. The van der Waals surface area contributed by atoms with Gasteiger partial charge in [-0.25, -0.2) is 9.37 Å². The summed E-state index contributed by atoms with van der Waals surface area (Å²) in [5, 5.41) is 9.16. The number of piperidine rings is 1. The minimum absolute atomic E-state index is 0.0366. The van der Waals surface area contributed by atoms with Crippen molar-refractivity contribution in [3.8, 4) is 34.3 Å². The number of benzene rings is 2. The molecule has 1 saturated heterocycles. The first-order valence-electron chi connectivity index (χ1n) is 10.9. The Balaban J connectivity index is 1.95. The fraction of sp³-hybridized carbons (Fsp3) is 0.280. The van der Waals surface area contributed by atoms with Crippen LogP contribution < -0.4 is 21.1 Å². The summed E-state index contributed by atoms with van der Waals surface area (Å²) in [4.78, 5) is 15.7. The van der Waals surface area contributed by atoms with E-state index < -0.39 is 5.82 Å². The molecule has 0 unspecified atom stereocenters. The van der Waals surface area contributed by atoms with Crippen LogP contribution in [-0.4, -0.2) is 49.5 Å². The third kappa shape index (κ3) is 4.54. The first-order valence-corrected chi connectivity index (χ1v) is 10.9. The molecular formula is C25H26FN7O. The molecule has 1 aliphatic rings. The molecule has 0 saturated carbocycles. The predicted octanol–water partition coefficient (Wildman–Crippen LogP) is 3.39. The molecule has 3 aromatic rings. The molecule has 174 valence electrons. The molecule has 4 rings (SSSR count). The van der Waals surface area contributed by atoms with Gasteiger partial charge in [0.25, 0.3) is 0 Å². The van der Waals surface area contributed by atoms with Crippen molar-refractivity contribution in [1.29, 1.82) is 5.26 Å². The number of nitrogens with two attached hydrogens (primary N) is 2. The monoisotopic (exact) mass is 459 g/mol. The van der Waals surface area contributed by atoms with E-state index in [0.29, 0.717) is 47.4 Å². The van der Waals surface area contributed by atoms with Crippen LogP contribution in [0.4, 0.5) is 16.0 Å². The van der Waals surface area contributed by atoms with Gasteiger partial charge < -0.3 is 21.1 Å². The number of hydrogen-bond donors (Lipinski definition) is 2. The van der Waals surface area contributed by atoms with Crippen molar-refractivity contribution in [2.24, 2.45) is 10.7 Å². The molecule has 1 aromatic heterocycles. The molecule has 2 heterocycles. The van der Waals surface area contributed by atoms with Gasteiger partial charge in [-0.1, -0.05) is 12.1 Å². The molecule has 0 atom stereocenters. The normalized spacial score (nSPS) is 14.4. The fourth-order valence-corrected chi connectivity index (χ4v) is 4.02. The number of rotatable bonds is 5. The molecule has 0 bridgehead atoms. The summed E-state index contributed by atoms with van der Waals surface area (Å²) in [5.74, 6) is 0.215. The van der Waals surface area contributed by atoms with E-state index in [2.05, 4.69) is 9.89 Å². The van der Waals surface area contributed by atoms with Crippen LogP contribution in [0.5, 0.6) is 5.88 Å². The largest absolute Gasteiger partial charge is 0.480 e. The van der Waals surface area contributed by atoms with Gasteiger partial charge >= 0.3 is 0 Å². The van der Waals surface area contributed by atoms with E-state index in [4.69, 9.17) is 31.4 Å². The highest BCUT2D eigenvalue weighted by molar-refractivity contribution is 5.92. The Morgan fingerprint density at radius 3 is 2.56 bits per heavy atom. The second kappa shape index (κ2) is 9.85. The van der Waals surface area contributed by atoms with Crippen molar-refractivity contribution in [1.82, 2.24) is 9.97 Å². The number of halogens is 1. The van der Waals surface area contributed by atoms with Gasteiger partial charge in [-0.3, -0.25) is 4.99 Å². The van der Waals surface area contributed by atoms with E-state index in [9.17, 15) is 4.39 Å². The van der Waals surface area contributed by atoms with Gasteiger partial charge in [-0.05, 0) is 42.7 Å². The lowest BCUT2D eigenvalue weighted by Crippen LogP contribution is -2.40. The number of hydrogen-bond acceptors (Lipinski definition) is 8. The molecule has 34 heavy (non-hydrogen) atoms. The zero-order valence-electron chi connectivity index (χ0n) is 19.1. The lowest BCUT2D eigenvalue weighted by molar-refractivity contribution is 0.397. The van der Waals surface area contributed by atoms with Crippen LogP contribution in [0.3, 0.4) is 0 Å². The standard InChI is InChI=1S/C25H26FN7O/c1-30-14-18-11-15(5-6-21(18)29)22-23(16-3-4-17(13-27)20(26)12-16)31-25(32-24(22)34-2)33-9-7-19(28)8-10-33/h3-6,11-12,14,19H,7-10,28-29H2,1-2H3. The summed E-state index contributed by atoms with van der Waals surface area (Å²) in [6.45, 7) is 1.42. The predicted molar refractivity (Wildman–Crippen MR) is 131 cm³/mol. The highest BCUT2D eigenvalue weighted by atomic mass is 19.1. The topological polar surface area (TPSA) is 126 Å². The Labute approximate surface area is 197 Å².